The summed E-state index contributed by atoms with van der Waals surface area (Å²) in [7, 11) is 1.87. The molecule has 192 valence electrons. The molecular formula is C27H35ClN6O2. The van der Waals surface area contributed by atoms with Gasteiger partial charge >= 0.3 is 0 Å². The maximum Gasteiger partial charge on any atom is 0.270 e. The largest absolute Gasteiger partial charge is 0.346 e. The van der Waals surface area contributed by atoms with Gasteiger partial charge in [0.15, 0.2) is 0 Å². The maximum absolute atomic E-state index is 13.2. The third-order valence-corrected chi connectivity index (χ3v) is 7.43. The van der Waals surface area contributed by atoms with Gasteiger partial charge in [0.2, 0.25) is 5.91 Å². The van der Waals surface area contributed by atoms with Crippen molar-refractivity contribution in [1.29, 1.82) is 0 Å². The number of H-pyrrole nitrogens is 1. The number of halogens is 1. The van der Waals surface area contributed by atoms with Crippen molar-refractivity contribution < 1.29 is 9.59 Å². The van der Waals surface area contributed by atoms with Crippen molar-refractivity contribution in [2.75, 3.05) is 13.1 Å². The number of nitrogens with one attached hydrogen (secondary N) is 2. The van der Waals surface area contributed by atoms with Crippen LogP contribution in [0.2, 0.25) is 5.02 Å². The first kappa shape index (κ1) is 25.9. The van der Waals surface area contributed by atoms with Gasteiger partial charge in [-0.3, -0.25) is 14.7 Å². The molecule has 1 aliphatic heterocycles. The van der Waals surface area contributed by atoms with Gasteiger partial charge in [0.1, 0.15) is 11.5 Å². The summed E-state index contributed by atoms with van der Waals surface area (Å²) in [5.74, 6) is 0.704. The molecule has 2 N–H and O–H groups in total. The summed E-state index contributed by atoms with van der Waals surface area (Å²) in [5, 5.41) is 12.5. The Morgan fingerprint density at radius 2 is 2.00 bits per heavy atom. The lowest BCUT2D eigenvalue weighted by atomic mass is 9.86. The summed E-state index contributed by atoms with van der Waals surface area (Å²) in [6, 6.07) is 3.93. The van der Waals surface area contributed by atoms with Gasteiger partial charge < -0.3 is 14.8 Å². The molecule has 2 amide bonds. The van der Waals surface area contributed by atoms with E-state index in [1.54, 1.807) is 4.90 Å². The predicted molar refractivity (Wildman–Crippen MR) is 142 cm³/mol. The normalized spacial score (nSPS) is 18.1. The molecule has 3 aromatic rings. The number of imidazole rings is 1. The topological polar surface area (TPSA) is 95.9 Å². The molecular weight excluding hydrogens is 476 g/mol. The zero-order valence-corrected chi connectivity index (χ0v) is 22.7. The highest BCUT2D eigenvalue weighted by molar-refractivity contribution is 6.32. The molecule has 0 spiro atoms. The van der Waals surface area contributed by atoms with E-state index >= 15 is 0 Å². The van der Waals surface area contributed by atoms with Crippen LogP contribution in [0.4, 0.5) is 0 Å². The van der Waals surface area contributed by atoms with Crippen molar-refractivity contribution in [2.45, 2.75) is 58.9 Å². The minimum Gasteiger partial charge on any atom is -0.346 e. The smallest absolute Gasteiger partial charge is 0.270 e. The van der Waals surface area contributed by atoms with Crippen LogP contribution in [0.15, 0.2) is 24.8 Å². The molecule has 1 saturated heterocycles. The zero-order chi connectivity index (χ0) is 26.4. The number of aryl methyl sites for hydroxylation is 3. The zero-order valence-electron chi connectivity index (χ0n) is 21.9. The number of rotatable bonds is 6. The molecule has 2 aromatic heterocycles. The van der Waals surface area contributed by atoms with E-state index in [0.29, 0.717) is 37.3 Å². The Labute approximate surface area is 217 Å². The Morgan fingerprint density at radius 3 is 2.67 bits per heavy atom. The maximum atomic E-state index is 13.2. The molecule has 36 heavy (non-hydrogen) atoms. The molecule has 0 unspecified atom stereocenters. The fourth-order valence-corrected chi connectivity index (χ4v) is 5.46. The number of hydrogen-bond donors (Lipinski definition) is 2. The Balaban J connectivity index is 1.50. The lowest BCUT2D eigenvalue weighted by molar-refractivity contribution is -0.125. The summed E-state index contributed by atoms with van der Waals surface area (Å²) in [4.78, 5) is 31.6. The first-order valence-corrected chi connectivity index (χ1v) is 12.7. The lowest BCUT2D eigenvalue weighted by Gasteiger charge is -2.20. The first-order chi connectivity index (χ1) is 16.9. The number of likely N-dealkylation sites (tertiary alicyclic amines) is 1. The van der Waals surface area contributed by atoms with E-state index in [9.17, 15) is 9.59 Å². The second-order valence-electron chi connectivity index (χ2n) is 10.8. The Hall–Kier alpha value is -3.13. The Morgan fingerprint density at radius 1 is 1.28 bits per heavy atom. The standard InChI is InChI=1S/C27H35ClN6O2/c1-8-24(35)34-13-15(2)22(14-34)30-26(36)25-16(3)29-23(33(25)7)10-9-20-17-11-18(27(4,5)6)19(28)12-21(17)32-31-20/h8,11-12,15,22H,1,9-10,13-14H2,2-7H3,(H,30,36)(H,31,32)/t15-,22-/m0/s1. The minimum absolute atomic E-state index is 0.0777. The summed E-state index contributed by atoms with van der Waals surface area (Å²) in [6.45, 7) is 15.0. The van der Waals surface area contributed by atoms with Gasteiger partial charge in [-0.2, -0.15) is 5.10 Å². The summed E-state index contributed by atoms with van der Waals surface area (Å²) >= 11 is 6.51. The number of nitrogens with zero attached hydrogens (tertiary/aromatic N) is 4. The van der Waals surface area contributed by atoms with Crippen molar-refractivity contribution >= 4 is 34.3 Å². The van der Waals surface area contributed by atoms with Crippen LogP contribution in [0.5, 0.6) is 0 Å². The fourth-order valence-electron chi connectivity index (χ4n) is 5.02. The molecule has 2 atom stereocenters. The summed E-state index contributed by atoms with van der Waals surface area (Å²) in [5.41, 5.74) is 4.10. The molecule has 1 aromatic carbocycles. The minimum atomic E-state index is -0.171. The van der Waals surface area contributed by atoms with E-state index in [-0.39, 0.29) is 29.2 Å². The van der Waals surface area contributed by atoms with Gasteiger partial charge in [-0.1, -0.05) is 45.9 Å². The van der Waals surface area contributed by atoms with E-state index < -0.39 is 0 Å². The number of aromatic amines is 1. The molecule has 3 heterocycles. The van der Waals surface area contributed by atoms with Crippen LogP contribution in [0.3, 0.4) is 0 Å². The highest BCUT2D eigenvalue weighted by Gasteiger charge is 2.33. The second-order valence-corrected chi connectivity index (χ2v) is 11.2. The average Bonchev–Trinajstić information content (AvgIpc) is 3.45. The lowest BCUT2D eigenvalue weighted by Crippen LogP contribution is -2.41. The van der Waals surface area contributed by atoms with E-state index in [1.165, 1.54) is 6.08 Å². The van der Waals surface area contributed by atoms with Gasteiger partial charge in [-0.25, -0.2) is 4.98 Å². The average molecular weight is 511 g/mol. The number of amides is 2. The van der Waals surface area contributed by atoms with E-state index in [0.717, 1.165) is 33.0 Å². The van der Waals surface area contributed by atoms with E-state index in [2.05, 4.69) is 48.9 Å². The van der Waals surface area contributed by atoms with Gasteiger partial charge in [-0.15, -0.1) is 0 Å². The molecule has 4 rings (SSSR count). The monoisotopic (exact) mass is 510 g/mol. The molecule has 8 nitrogen and oxygen atoms in total. The fraction of sp³-hybridized carbons (Fsp3) is 0.481. The molecule has 0 bridgehead atoms. The van der Waals surface area contributed by atoms with E-state index in [1.807, 2.05) is 31.5 Å². The van der Waals surface area contributed by atoms with Crippen LogP contribution < -0.4 is 5.32 Å². The third-order valence-electron chi connectivity index (χ3n) is 7.12. The van der Waals surface area contributed by atoms with Crippen LogP contribution >= 0.6 is 11.6 Å². The van der Waals surface area contributed by atoms with Gasteiger partial charge in [-0.05, 0) is 48.4 Å². The van der Waals surface area contributed by atoms with E-state index in [4.69, 9.17) is 16.6 Å². The second kappa shape index (κ2) is 9.73. The highest BCUT2D eigenvalue weighted by atomic mass is 35.5. The quantitative estimate of drug-likeness (QED) is 0.488. The molecule has 0 saturated carbocycles. The summed E-state index contributed by atoms with van der Waals surface area (Å²) in [6.07, 6.45) is 2.66. The van der Waals surface area contributed by atoms with Crippen LogP contribution in [0, 0.1) is 12.8 Å². The molecule has 0 aliphatic carbocycles. The number of benzene rings is 1. The third kappa shape index (κ3) is 4.91. The highest BCUT2D eigenvalue weighted by Crippen LogP contribution is 2.33. The molecule has 1 fully saturated rings. The molecule has 9 heteroatoms. The Bertz CT molecular complexity index is 1330. The van der Waals surface area contributed by atoms with Crippen molar-refractivity contribution in [1.82, 2.24) is 30.0 Å². The number of aromatic nitrogens is 4. The van der Waals surface area contributed by atoms with Gasteiger partial charge in [0.05, 0.1) is 17.3 Å². The number of carbonyl (C=O) groups is 2. The molecule has 0 radical (unpaired) electrons. The van der Waals surface area contributed by atoms with Crippen LogP contribution in [-0.4, -0.2) is 55.6 Å². The molecule has 1 aliphatic rings. The number of hydrogen-bond acceptors (Lipinski definition) is 4. The predicted octanol–water partition coefficient (Wildman–Crippen LogP) is 4.10. The number of carbonyl (C=O) groups excluding carboxylic acids is 2. The SMILES string of the molecule is C=CC(=O)N1C[C@H](NC(=O)c2c(C)nc(CCc3[nH]nc4cc(Cl)c(C(C)(C)C)cc34)n2C)[C@@H](C)C1. The van der Waals surface area contributed by atoms with Crippen LogP contribution in [0.25, 0.3) is 10.9 Å². The van der Waals surface area contributed by atoms with Gasteiger partial charge in [0, 0.05) is 42.7 Å². The summed E-state index contributed by atoms with van der Waals surface area (Å²) < 4.78 is 1.87. The van der Waals surface area contributed by atoms with Crippen LogP contribution in [-0.2, 0) is 30.1 Å². The van der Waals surface area contributed by atoms with Crippen molar-refractivity contribution in [3.63, 3.8) is 0 Å². The van der Waals surface area contributed by atoms with Crippen molar-refractivity contribution in [3.05, 3.63) is 58.3 Å². The first-order valence-electron chi connectivity index (χ1n) is 12.3. The van der Waals surface area contributed by atoms with Crippen molar-refractivity contribution in [3.8, 4) is 0 Å². The van der Waals surface area contributed by atoms with Gasteiger partial charge in [0.25, 0.3) is 5.91 Å². The van der Waals surface area contributed by atoms with Crippen molar-refractivity contribution in [2.24, 2.45) is 13.0 Å². The van der Waals surface area contributed by atoms with Crippen LogP contribution in [0.1, 0.15) is 61.0 Å². The Kier molecular flexibility index (Phi) is 7.01. The number of fused-ring (bicyclic) bond motifs is 1.